The number of halogens is 1. The molecule has 2 aliphatic heterocycles. The van der Waals surface area contributed by atoms with Crippen LogP contribution in [-0.2, 0) is 11.2 Å². The summed E-state index contributed by atoms with van der Waals surface area (Å²) < 4.78 is 14.0. The lowest BCUT2D eigenvalue weighted by Crippen LogP contribution is -2.43. The molecule has 136 valence electrons. The van der Waals surface area contributed by atoms with Crippen LogP contribution in [0.25, 0.3) is 0 Å². The van der Waals surface area contributed by atoms with Crippen molar-refractivity contribution in [3.63, 3.8) is 0 Å². The van der Waals surface area contributed by atoms with Crippen molar-refractivity contribution in [1.82, 2.24) is 10.3 Å². The first kappa shape index (κ1) is 16.8. The van der Waals surface area contributed by atoms with Gasteiger partial charge < -0.3 is 20.9 Å². The molecule has 3 heterocycles. The van der Waals surface area contributed by atoms with Crippen LogP contribution in [0.5, 0.6) is 0 Å². The van der Waals surface area contributed by atoms with E-state index in [-0.39, 0.29) is 11.7 Å². The highest BCUT2D eigenvalue weighted by atomic mass is 19.1. The summed E-state index contributed by atoms with van der Waals surface area (Å²) in [5.74, 6) is 0.466. The van der Waals surface area contributed by atoms with Crippen molar-refractivity contribution in [2.45, 2.75) is 19.4 Å². The van der Waals surface area contributed by atoms with E-state index >= 15 is 0 Å². The molecular formula is C19H22FN5O. The molecular weight excluding hydrogens is 333 g/mol. The summed E-state index contributed by atoms with van der Waals surface area (Å²) in [7, 11) is 0. The Labute approximate surface area is 151 Å². The van der Waals surface area contributed by atoms with E-state index in [0.29, 0.717) is 23.4 Å². The van der Waals surface area contributed by atoms with Gasteiger partial charge in [0.25, 0.3) is 0 Å². The first-order valence-electron chi connectivity index (χ1n) is 8.88. The molecule has 1 fully saturated rings. The van der Waals surface area contributed by atoms with Crippen molar-refractivity contribution in [2.75, 3.05) is 41.7 Å². The highest BCUT2D eigenvalue weighted by molar-refractivity contribution is 5.98. The Hall–Kier alpha value is -2.67. The van der Waals surface area contributed by atoms with Crippen LogP contribution in [-0.4, -0.2) is 43.1 Å². The molecule has 1 aromatic carbocycles. The first-order chi connectivity index (χ1) is 12.6. The molecule has 1 unspecified atom stereocenters. The van der Waals surface area contributed by atoms with Gasteiger partial charge in [0, 0.05) is 43.9 Å². The van der Waals surface area contributed by atoms with Gasteiger partial charge >= 0.3 is 0 Å². The monoisotopic (exact) mass is 355 g/mol. The van der Waals surface area contributed by atoms with Crippen LogP contribution in [0.2, 0.25) is 0 Å². The zero-order valence-electron chi connectivity index (χ0n) is 14.7. The maximum Gasteiger partial charge on any atom is 0.247 e. The Kier molecular flexibility index (Phi) is 4.46. The van der Waals surface area contributed by atoms with Crippen LogP contribution >= 0.6 is 0 Å². The van der Waals surface area contributed by atoms with E-state index in [1.807, 2.05) is 25.1 Å². The average Bonchev–Trinajstić information content (AvgIpc) is 3.08. The van der Waals surface area contributed by atoms with Crippen LogP contribution in [0.3, 0.4) is 0 Å². The number of aromatic nitrogens is 1. The van der Waals surface area contributed by atoms with E-state index in [1.165, 1.54) is 6.07 Å². The van der Waals surface area contributed by atoms with Crippen LogP contribution in [0.1, 0.15) is 11.1 Å². The standard InChI is InChI=1S/C19H22FN5O/c1-12-8-15(20)14-10-17(24-16(14)9-12)19(26)23-13-2-3-18(22-11-13)25-6-4-21-5-7-25/h2-3,8-9,11,17,21,24H,4-7,10H2,1H3,(H,23,26). The minimum Gasteiger partial charge on any atom is -0.373 e. The number of aryl methyl sites for hydroxylation is 1. The topological polar surface area (TPSA) is 69.3 Å². The van der Waals surface area contributed by atoms with Gasteiger partial charge in [0.05, 0.1) is 11.9 Å². The zero-order valence-corrected chi connectivity index (χ0v) is 14.7. The molecule has 26 heavy (non-hydrogen) atoms. The van der Waals surface area contributed by atoms with Gasteiger partial charge in [-0.3, -0.25) is 4.79 Å². The van der Waals surface area contributed by atoms with Crippen LogP contribution < -0.4 is 20.9 Å². The third kappa shape index (κ3) is 3.35. The molecule has 0 radical (unpaired) electrons. The fourth-order valence-electron chi connectivity index (χ4n) is 3.48. The molecule has 6 nitrogen and oxygen atoms in total. The number of hydrogen-bond acceptors (Lipinski definition) is 5. The van der Waals surface area contributed by atoms with Crippen LogP contribution in [0.15, 0.2) is 30.5 Å². The van der Waals surface area contributed by atoms with Gasteiger partial charge in [-0.1, -0.05) is 0 Å². The van der Waals surface area contributed by atoms with E-state index in [9.17, 15) is 9.18 Å². The van der Waals surface area contributed by atoms with Gasteiger partial charge in [-0.05, 0) is 36.8 Å². The Bertz CT molecular complexity index is 817. The lowest BCUT2D eigenvalue weighted by molar-refractivity contribution is -0.116. The van der Waals surface area contributed by atoms with E-state index in [1.54, 1.807) is 6.20 Å². The molecule has 0 bridgehead atoms. The molecule has 1 aromatic heterocycles. The molecule has 3 N–H and O–H groups in total. The Balaban J connectivity index is 1.40. The maximum atomic E-state index is 14.0. The predicted molar refractivity (Wildman–Crippen MR) is 100 cm³/mol. The van der Waals surface area contributed by atoms with Crippen molar-refractivity contribution in [1.29, 1.82) is 0 Å². The average molecular weight is 355 g/mol. The molecule has 1 atom stereocenters. The zero-order chi connectivity index (χ0) is 18.1. The molecule has 2 aliphatic rings. The minimum atomic E-state index is -0.478. The number of carbonyl (C=O) groups is 1. The quantitative estimate of drug-likeness (QED) is 0.785. The van der Waals surface area contributed by atoms with Gasteiger partial charge in [0.2, 0.25) is 5.91 Å². The second-order valence-corrected chi connectivity index (χ2v) is 6.81. The highest BCUT2D eigenvalue weighted by Gasteiger charge is 2.29. The Morgan fingerprint density at radius 2 is 2.12 bits per heavy atom. The van der Waals surface area contributed by atoms with E-state index in [2.05, 4.69) is 25.8 Å². The van der Waals surface area contributed by atoms with Gasteiger partial charge in [-0.25, -0.2) is 9.37 Å². The number of rotatable bonds is 3. The predicted octanol–water partition coefficient (Wildman–Crippen LogP) is 1.91. The number of amides is 1. The molecule has 4 rings (SSSR count). The van der Waals surface area contributed by atoms with Crippen molar-refractivity contribution in [3.8, 4) is 0 Å². The third-order valence-corrected chi connectivity index (χ3v) is 4.85. The number of anilines is 3. The molecule has 0 saturated carbocycles. The Morgan fingerprint density at radius 3 is 2.85 bits per heavy atom. The van der Waals surface area contributed by atoms with E-state index in [4.69, 9.17) is 0 Å². The van der Waals surface area contributed by atoms with Crippen molar-refractivity contribution in [2.24, 2.45) is 0 Å². The molecule has 7 heteroatoms. The lowest BCUT2D eigenvalue weighted by Gasteiger charge is -2.28. The maximum absolute atomic E-state index is 14.0. The summed E-state index contributed by atoms with van der Waals surface area (Å²) >= 11 is 0. The smallest absolute Gasteiger partial charge is 0.247 e. The number of pyridine rings is 1. The number of carbonyl (C=O) groups excluding carboxylic acids is 1. The van der Waals surface area contributed by atoms with E-state index in [0.717, 1.165) is 37.6 Å². The van der Waals surface area contributed by atoms with Crippen LogP contribution in [0.4, 0.5) is 21.6 Å². The molecule has 1 saturated heterocycles. The number of nitrogens with one attached hydrogen (secondary N) is 3. The van der Waals surface area contributed by atoms with Gasteiger partial charge in [0.15, 0.2) is 0 Å². The van der Waals surface area contributed by atoms with Crippen molar-refractivity contribution >= 4 is 23.1 Å². The summed E-state index contributed by atoms with van der Waals surface area (Å²) in [6.45, 7) is 5.58. The van der Waals surface area contributed by atoms with E-state index < -0.39 is 6.04 Å². The molecule has 0 spiro atoms. The summed E-state index contributed by atoms with van der Waals surface area (Å²) in [5, 5.41) is 9.29. The van der Waals surface area contributed by atoms with Crippen molar-refractivity contribution in [3.05, 3.63) is 47.4 Å². The van der Waals surface area contributed by atoms with Crippen molar-refractivity contribution < 1.29 is 9.18 Å². The number of benzene rings is 1. The van der Waals surface area contributed by atoms with Gasteiger partial charge in [0.1, 0.15) is 17.7 Å². The number of nitrogens with zero attached hydrogens (tertiary/aromatic N) is 2. The number of hydrogen-bond donors (Lipinski definition) is 3. The number of fused-ring (bicyclic) bond motifs is 1. The Morgan fingerprint density at radius 1 is 1.31 bits per heavy atom. The fourth-order valence-corrected chi connectivity index (χ4v) is 3.48. The second-order valence-electron chi connectivity index (χ2n) is 6.81. The minimum absolute atomic E-state index is 0.185. The molecule has 0 aliphatic carbocycles. The number of piperazine rings is 1. The first-order valence-corrected chi connectivity index (χ1v) is 8.88. The molecule has 1 amide bonds. The third-order valence-electron chi connectivity index (χ3n) is 4.85. The second kappa shape index (κ2) is 6.92. The summed E-state index contributed by atoms with van der Waals surface area (Å²) in [6, 6.07) is 6.67. The van der Waals surface area contributed by atoms with Crippen LogP contribution in [0, 0.1) is 12.7 Å². The summed E-state index contributed by atoms with van der Waals surface area (Å²) in [4.78, 5) is 19.2. The normalized spacial score (nSPS) is 19.0. The summed E-state index contributed by atoms with van der Waals surface area (Å²) in [6.07, 6.45) is 2.02. The highest BCUT2D eigenvalue weighted by Crippen LogP contribution is 2.30. The molecule has 2 aromatic rings. The fraction of sp³-hybridized carbons (Fsp3) is 0.368. The van der Waals surface area contributed by atoms with Gasteiger partial charge in [-0.2, -0.15) is 0 Å². The van der Waals surface area contributed by atoms with Gasteiger partial charge in [-0.15, -0.1) is 0 Å². The SMILES string of the molecule is Cc1cc(F)c2c(c1)NC(C(=O)Nc1ccc(N3CCNCC3)nc1)C2. The largest absolute Gasteiger partial charge is 0.373 e. The summed E-state index contributed by atoms with van der Waals surface area (Å²) in [5.41, 5.74) is 2.75. The lowest BCUT2D eigenvalue weighted by atomic mass is 10.1.